The van der Waals surface area contributed by atoms with Gasteiger partial charge in [-0.25, -0.2) is 13.1 Å². The monoisotopic (exact) mass is 471 g/mol. The maximum atomic E-state index is 12.3. The molecule has 0 spiro atoms. The average Bonchev–Trinajstić information content (AvgIpc) is 2.70. The highest BCUT2D eigenvalue weighted by molar-refractivity contribution is 7.89. The molecule has 1 unspecified atom stereocenters. The third kappa shape index (κ3) is 5.74. The Hall–Kier alpha value is -2.87. The van der Waals surface area contributed by atoms with E-state index in [4.69, 9.17) is 0 Å². The molecule has 3 rings (SSSR count). The van der Waals surface area contributed by atoms with Crippen LogP contribution < -0.4 is 15.4 Å². The first-order chi connectivity index (χ1) is 15.2. The average molecular weight is 472 g/mol. The Morgan fingerprint density at radius 3 is 2.48 bits per heavy atom. The number of fused-ring (bicyclic) bond motifs is 1. The Bertz CT molecular complexity index is 1190. The number of nitrogens with one attached hydrogen (secondary N) is 3. The van der Waals surface area contributed by atoms with Crippen LogP contribution in [0.15, 0.2) is 42.5 Å². The molecule has 1 aliphatic heterocycles. The summed E-state index contributed by atoms with van der Waals surface area (Å²) in [5, 5.41) is 6.35. The molecule has 0 aliphatic carbocycles. The quantitative estimate of drug-likeness (QED) is 0.599. The zero-order chi connectivity index (χ0) is 24.6. The largest absolute Gasteiger partial charge is 0.377 e. The summed E-state index contributed by atoms with van der Waals surface area (Å²) in [6.07, 6.45) is 2.31. The highest BCUT2D eigenvalue weighted by Gasteiger charge is 2.36. The number of carbonyl (C=O) groups excluding carboxylic acids is 2. The Kier molecular flexibility index (Phi) is 6.62. The van der Waals surface area contributed by atoms with Crippen LogP contribution in [0.4, 0.5) is 5.69 Å². The molecule has 0 radical (unpaired) electrons. The second-order valence-corrected chi connectivity index (χ2v) is 12.0. The molecule has 8 heteroatoms. The van der Waals surface area contributed by atoms with Crippen LogP contribution >= 0.6 is 0 Å². The van der Waals surface area contributed by atoms with Gasteiger partial charge >= 0.3 is 0 Å². The van der Waals surface area contributed by atoms with Crippen molar-refractivity contribution in [2.45, 2.75) is 46.6 Å². The lowest BCUT2D eigenvalue weighted by Gasteiger charge is -2.41. The summed E-state index contributed by atoms with van der Waals surface area (Å²) in [4.78, 5) is 24.5. The van der Waals surface area contributed by atoms with Gasteiger partial charge in [-0.3, -0.25) is 9.59 Å². The van der Waals surface area contributed by atoms with Crippen LogP contribution in [0.1, 0.15) is 60.8 Å². The Morgan fingerprint density at radius 1 is 1.15 bits per heavy atom. The van der Waals surface area contributed by atoms with Gasteiger partial charge in [-0.1, -0.05) is 52.0 Å². The standard InChI is InChI=1S/C25H33N3O4S/c1-24(2)15-19-13-18(22(29)28-33(6,31)32)10-11-20(19)27-21(24)17-9-7-8-16(12-17)14-25(3,4)23(30)26-5/h7-13,21,27H,14-15H2,1-6H3,(H,26,30)(H,28,29). The highest BCUT2D eigenvalue weighted by atomic mass is 32.2. The van der Waals surface area contributed by atoms with E-state index in [0.29, 0.717) is 18.4 Å². The maximum Gasteiger partial charge on any atom is 0.264 e. The number of sulfonamides is 1. The van der Waals surface area contributed by atoms with Crippen molar-refractivity contribution in [3.05, 3.63) is 64.7 Å². The maximum absolute atomic E-state index is 12.3. The number of amides is 2. The molecular weight excluding hydrogens is 438 g/mol. The lowest BCUT2D eigenvalue weighted by atomic mass is 9.72. The summed E-state index contributed by atoms with van der Waals surface area (Å²) in [6, 6.07) is 13.6. The van der Waals surface area contributed by atoms with Crippen LogP contribution in [0.25, 0.3) is 0 Å². The van der Waals surface area contributed by atoms with Crippen molar-refractivity contribution in [3.63, 3.8) is 0 Å². The van der Waals surface area contributed by atoms with Crippen LogP contribution in [0.3, 0.4) is 0 Å². The van der Waals surface area contributed by atoms with Crippen molar-refractivity contribution in [1.82, 2.24) is 10.0 Å². The lowest BCUT2D eigenvalue weighted by molar-refractivity contribution is -0.128. The van der Waals surface area contributed by atoms with Crippen LogP contribution in [-0.4, -0.2) is 33.5 Å². The highest BCUT2D eigenvalue weighted by Crippen LogP contribution is 2.45. The van der Waals surface area contributed by atoms with E-state index >= 15 is 0 Å². The normalized spacial score (nSPS) is 17.5. The number of rotatable bonds is 6. The van der Waals surface area contributed by atoms with Crippen LogP contribution in [0, 0.1) is 10.8 Å². The summed E-state index contributed by atoms with van der Waals surface area (Å²) >= 11 is 0. The molecule has 1 heterocycles. The summed E-state index contributed by atoms with van der Waals surface area (Å²) in [6.45, 7) is 8.21. The summed E-state index contributed by atoms with van der Waals surface area (Å²) in [7, 11) is -1.97. The molecule has 1 aliphatic rings. The second kappa shape index (κ2) is 8.82. The summed E-state index contributed by atoms with van der Waals surface area (Å²) in [5.74, 6) is -0.625. The summed E-state index contributed by atoms with van der Waals surface area (Å²) in [5.41, 5.74) is 3.74. The number of benzene rings is 2. The van der Waals surface area contributed by atoms with E-state index in [2.05, 4.69) is 36.6 Å². The predicted octanol–water partition coefficient (Wildman–Crippen LogP) is 3.43. The van der Waals surface area contributed by atoms with Crippen molar-refractivity contribution in [1.29, 1.82) is 0 Å². The first kappa shape index (κ1) is 24.8. The molecule has 33 heavy (non-hydrogen) atoms. The zero-order valence-corrected chi connectivity index (χ0v) is 20.9. The molecule has 7 nitrogen and oxygen atoms in total. The van der Waals surface area contributed by atoms with Gasteiger partial charge in [0.2, 0.25) is 15.9 Å². The number of hydrogen-bond donors (Lipinski definition) is 3. The first-order valence-electron chi connectivity index (χ1n) is 10.9. The SMILES string of the molecule is CNC(=O)C(C)(C)Cc1cccc(C2Nc3ccc(C(=O)NS(C)(=O)=O)cc3CC2(C)C)c1. The van der Waals surface area contributed by atoms with Crippen LogP contribution in [0.2, 0.25) is 0 Å². The van der Waals surface area contributed by atoms with Gasteiger partial charge in [0, 0.05) is 23.7 Å². The van der Waals surface area contributed by atoms with Gasteiger partial charge in [-0.15, -0.1) is 0 Å². The molecular formula is C25H33N3O4S. The fraction of sp³-hybridized carbons (Fsp3) is 0.440. The molecule has 0 saturated carbocycles. The van der Waals surface area contributed by atoms with Crippen molar-refractivity contribution in [3.8, 4) is 0 Å². The summed E-state index contributed by atoms with van der Waals surface area (Å²) < 4.78 is 24.8. The van der Waals surface area contributed by atoms with Gasteiger partial charge in [0.1, 0.15) is 0 Å². The zero-order valence-electron chi connectivity index (χ0n) is 20.1. The third-order valence-electron chi connectivity index (χ3n) is 6.15. The van der Waals surface area contributed by atoms with Gasteiger partial charge in [0.25, 0.3) is 5.91 Å². The molecule has 0 aromatic heterocycles. The van der Waals surface area contributed by atoms with E-state index in [9.17, 15) is 18.0 Å². The van der Waals surface area contributed by atoms with Gasteiger partial charge in [0.15, 0.2) is 0 Å². The van der Waals surface area contributed by atoms with E-state index in [-0.39, 0.29) is 17.4 Å². The number of hydrogen-bond acceptors (Lipinski definition) is 5. The van der Waals surface area contributed by atoms with Crippen molar-refractivity contribution >= 4 is 27.5 Å². The van der Waals surface area contributed by atoms with Gasteiger partial charge in [-0.2, -0.15) is 0 Å². The van der Waals surface area contributed by atoms with E-state index in [0.717, 1.165) is 28.6 Å². The number of anilines is 1. The molecule has 2 aromatic carbocycles. The fourth-order valence-corrected chi connectivity index (χ4v) is 4.99. The minimum atomic E-state index is -3.63. The molecule has 2 amide bonds. The van der Waals surface area contributed by atoms with Gasteiger partial charge in [-0.05, 0) is 53.1 Å². The number of carbonyl (C=O) groups is 2. The fourth-order valence-electron chi connectivity index (χ4n) is 4.54. The van der Waals surface area contributed by atoms with E-state index in [1.54, 1.807) is 19.2 Å². The van der Waals surface area contributed by atoms with Gasteiger partial charge in [0.05, 0.1) is 12.3 Å². The lowest BCUT2D eigenvalue weighted by Crippen LogP contribution is -2.36. The second-order valence-electron chi connectivity index (χ2n) is 10.2. The Balaban J connectivity index is 1.88. The topological polar surface area (TPSA) is 104 Å². The predicted molar refractivity (Wildman–Crippen MR) is 131 cm³/mol. The minimum Gasteiger partial charge on any atom is -0.377 e. The van der Waals surface area contributed by atoms with E-state index in [1.807, 2.05) is 36.8 Å². The molecule has 178 valence electrons. The van der Waals surface area contributed by atoms with Gasteiger partial charge < -0.3 is 10.6 Å². The van der Waals surface area contributed by atoms with E-state index < -0.39 is 21.3 Å². The van der Waals surface area contributed by atoms with Crippen molar-refractivity contribution in [2.75, 3.05) is 18.6 Å². The molecule has 1 atom stereocenters. The Morgan fingerprint density at radius 2 is 1.85 bits per heavy atom. The van der Waals surface area contributed by atoms with Crippen LogP contribution in [-0.2, 0) is 27.7 Å². The van der Waals surface area contributed by atoms with Crippen molar-refractivity contribution < 1.29 is 18.0 Å². The molecule has 2 aromatic rings. The molecule has 0 bridgehead atoms. The Labute approximate surface area is 196 Å². The smallest absolute Gasteiger partial charge is 0.264 e. The van der Waals surface area contributed by atoms with Crippen LogP contribution in [0.5, 0.6) is 0 Å². The minimum absolute atomic E-state index is 0.00802. The van der Waals surface area contributed by atoms with E-state index in [1.165, 1.54) is 0 Å². The first-order valence-corrected chi connectivity index (χ1v) is 12.8. The molecule has 0 fully saturated rings. The molecule has 0 saturated heterocycles. The molecule has 3 N–H and O–H groups in total. The third-order valence-corrected chi connectivity index (χ3v) is 6.70. The van der Waals surface area contributed by atoms with Crippen molar-refractivity contribution in [2.24, 2.45) is 10.8 Å².